The van der Waals surface area contributed by atoms with Crippen LogP contribution in [0, 0.1) is 10.1 Å². The molecule has 0 bridgehead atoms. The SMILES string of the molecule is C=CCc1cccc2c1O[C@H](c1ccccc1)[C@@](Cl)([N+](=O)[O-])C2=O. The third kappa shape index (κ3) is 2.37. The van der Waals surface area contributed by atoms with Crippen LogP contribution >= 0.6 is 11.6 Å². The number of nitro groups is 1. The molecule has 0 aromatic heterocycles. The average molecular weight is 344 g/mol. The minimum atomic E-state index is -2.40. The lowest BCUT2D eigenvalue weighted by molar-refractivity contribution is -0.536. The van der Waals surface area contributed by atoms with E-state index in [1.807, 2.05) is 0 Å². The molecule has 0 saturated heterocycles. The molecule has 6 heteroatoms. The second-order valence-electron chi connectivity index (χ2n) is 5.45. The van der Waals surface area contributed by atoms with Crippen LogP contribution in [0.2, 0.25) is 0 Å². The maximum absolute atomic E-state index is 12.8. The van der Waals surface area contributed by atoms with Crippen LogP contribution in [0.3, 0.4) is 0 Å². The van der Waals surface area contributed by atoms with Crippen molar-refractivity contribution in [3.05, 3.63) is 88.0 Å². The Morgan fingerprint density at radius 1 is 1.25 bits per heavy atom. The number of allylic oxidation sites excluding steroid dienone is 1. The molecule has 1 aliphatic heterocycles. The number of benzene rings is 2. The Balaban J connectivity index is 2.22. The van der Waals surface area contributed by atoms with E-state index in [-0.39, 0.29) is 5.56 Å². The summed E-state index contributed by atoms with van der Waals surface area (Å²) >= 11 is 6.22. The fourth-order valence-corrected chi connectivity index (χ4v) is 3.09. The zero-order chi connectivity index (χ0) is 17.3. The molecule has 0 saturated carbocycles. The van der Waals surface area contributed by atoms with Gasteiger partial charge in [0.1, 0.15) is 5.75 Å². The van der Waals surface area contributed by atoms with E-state index in [2.05, 4.69) is 6.58 Å². The lowest BCUT2D eigenvalue weighted by atomic mass is 9.89. The summed E-state index contributed by atoms with van der Waals surface area (Å²) in [4.78, 5) is 21.3. The summed E-state index contributed by atoms with van der Waals surface area (Å²) < 4.78 is 5.91. The molecule has 0 amide bonds. The summed E-state index contributed by atoms with van der Waals surface area (Å²) in [6, 6.07) is 13.4. The van der Waals surface area contributed by atoms with E-state index >= 15 is 0 Å². The highest BCUT2D eigenvalue weighted by Gasteiger charge is 2.62. The Morgan fingerprint density at radius 2 is 1.96 bits per heavy atom. The standard InChI is InChI=1S/C18H14ClNO4/c1-2-7-12-10-6-11-14-15(12)24-17(13-8-4-3-5-9-13)18(19,16(14)21)20(22)23/h2-6,8-11,17H,1,7H2/t17-,18+/m1/s1. The maximum Gasteiger partial charge on any atom is 0.397 e. The number of fused-ring (bicyclic) bond motifs is 1. The monoisotopic (exact) mass is 343 g/mol. The normalized spacial score (nSPS) is 22.4. The van der Waals surface area contributed by atoms with Gasteiger partial charge in [-0.2, -0.15) is 0 Å². The molecule has 0 unspecified atom stereocenters. The van der Waals surface area contributed by atoms with Crippen LogP contribution in [0.4, 0.5) is 0 Å². The Morgan fingerprint density at radius 3 is 2.58 bits per heavy atom. The van der Waals surface area contributed by atoms with Gasteiger partial charge in [-0.05, 0) is 29.7 Å². The fraction of sp³-hybridized carbons (Fsp3) is 0.167. The number of carbonyl (C=O) groups is 1. The van der Waals surface area contributed by atoms with Crippen LogP contribution < -0.4 is 4.74 Å². The number of halogens is 1. The summed E-state index contributed by atoms with van der Waals surface area (Å²) in [6.45, 7) is 3.68. The highest BCUT2D eigenvalue weighted by Crippen LogP contribution is 2.46. The van der Waals surface area contributed by atoms with Crippen molar-refractivity contribution in [1.82, 2.24) is 0 Å². The van der Waals surface area contributed by atoms with E-state index in [9.17, 15) is 14.9 Å². The van der Waals surface area contributed by atoms with Gasteiger partial charge in [0.25, 0.3) is 5.78 Å². The zero-order valence-corrected chi connectivity index (χ0v) is 13.4. The summed E-state index contributed by atoms with van der Waals surface area (Å²) in [5, 5.41) is 11.6. The second-order valence-corrected chi connectivity index (χ2v) is 6.03. The van der Waals surface area contributed by atoms with Crippen LogP contribution in [0.5, 0.6) is 5.75 Å². The lowest BCUT2D eigenvalue weighted by Gasteiger charge is -2.33. The van der Waals surface area contributed by atoms with Crippen LogP contribution in [0.25, 0.3) is 0 Å². The Hall–Kier alpha value is -2.66. The summed E-state index contributed by atoms with van der Waals surface area (Å²) in [6.07, 6.45) is 0.935. The number of alkyl halides is 1. The molecule has 0 N–H and O–H groups in total. The molecule has 0 fully saturated rings. The molecule has 2 atom stereocenters. The van der Waals surface area contributed by atoms with E-state index in [4.69, 9.17) is 16.3 Å². The van der Waals surface area contributed by atoms with E-state index in [0.717, 1.165) is 5.56 Å². The van der Waals surface area contributed by atoms with Gasteiger partial charge in [-0.25, -0.2) is 0 Å². The second kappa shape index (κ2) is 6.09. The minimum absolute atomic E-state index is 0.119. The molecule has 122 valence electrons. The Kier molecular flexibility index (Phi) is 4.11. The predicted octanol–water partition coefficient (Wildman–Crippen LogP) is 3.94. The Bertz CT molecular complexity index is 821. The van der Waals surface area contributed by atoms with Crippen molar-refractivity contribution in [3.63, 3.8) is 0 Å². The van der Waals surface area contributed by atoms with Gasteiger partial charge in [0.2, 0.25) is 6.10 Å². The number of ketones is 1. The quantitative estimate of drug-likeness (QED) is 0.277. The molecule has 2 aromatic rings. The first-order valence-electron chi connectivity index (χ1n) is 7.32. The molecular formula is C18H14ClNO4. The molecule has 3 rings (SSSR count). The van der Waals surface area contributed by atoms with Crippen molar-refractivity contribution in [2.75, 3.05) is 0 Å². The number of ether oxygens (including phenoxy) is 1. The van der Waals surface area contributed by atoms with Gasteiger partial charge in [-0.3, -0.25) is 14.9 Å². The third-order valence-corrected chi connectivity index (χ3v) is 4.48. The van der Waals surface area contributed by atoms with Crippen molar-refractivity contribution in [2.24, 2.45) is 0 Å². The highest BCUT2D eigenvalue weighted by molar-refractivity contribution is 6.37. The smallest absolute Gasteiger partial charge is 0.397 e. The first kappa shape index (κ1) is 16.2. The molecule has 24 heavy (non-hydrogen) atoms. The molecule has 0 spiro atoms. The van der Waals surface area contributed by atoms with Gasteiger partial charge in [-0.1, -0.05) is 48.5 Å². The Labute approximate surface area is 143 Å². The summed E-state index contributed by atoms with van der Waals surface area (Å²) in [5.74, 6) is -0.440. The number of para-hydroxylation sites is 1. The molecule has 0 radical (unpaired) electrons. The van der Waals surface area contributed by atoms with Gasteiger partial charge in [-0.15, -0.1) is 6.58 Å². The van der Waals surface area contributed by atoms with E-state index < -0.39 is 21.8 Å². The number of hydrogen-bond acceptors (Lipinski definition) is 4. The number of Topliss-reactive ketones (excluding diaryl/α,β-unsaturated/α-hetero) is 1. The lowest BCUT2D eigenvalue weighted by Crippen LogP contribution is -2.51. The molecular weight excluding hydrogens is 330 g/mol. The van der Waals surface area contributed by atoms with Crippen molar-refractivity contribution in [1.29, 1.82) is 0 Å². The van der Waals surface area contributed by atoms with Crippen molar-refractivity contribution < 1.29 is 14.5 Å². The fourth-order valence-electron chi connectivity index (χ4n) is 2.82. The average Bonchev–Trinajstić information content (AvgIpc) is 2.59. The third-order valence-electron chi connectivity index (χ3n) is 3.98. The topological polar surface area (TPSA) is 69.4 Å². The number of hydrogen-bond donors (Lipinski definition) is 0. The van der Waals surface area contributed by atoms with Crippen LogP contribution in [-0.2, 0) is 6.42 Å². The first-order valence-corrected chi connectivity index (χ1v) is 7.70. The van der Waals surface area contributed by atoms with Crippen LogP contribution in [-0.4, -0.2) is 15.7 Å². The molecule has 0 aliphatic carbocycles. The van der Waals surface area contributed by atoms with E-state index in [0.29, 0.717) is 17.7 Å². The minimum Gasteiger partial charge on any atom is -0.475 e. The van der Waals surface area contributed by atoms with Gasteiger partial charge in [0.15, 0.2) is 0 Å². The molecule has 1 heterocycles. The van der Waals surface area contributed by atoms with Gasteiger partial charge >= 0.3 is 5.00 Å². The van der Waals surface area contributed by atoms with Crippen molar-refractivity contribution in [2.45, 2.75) is 17.5 Å². The predicted molar refractivity (Wildman–Crippen MR) is 90.1 cm³/mol. The van der Waals surface area contributed by atoms with Crippen molar-refractivity contribution in [3.8, 4) is 5.75 Å². The van der Waals surface area contributed by atoms with Crippen LogP contribution in [0.1, 0.15) is 27.6 Å². The van der Waals surface area contributed by atoms with E-state index in [1.165, 1.54) is 6.07 Å². The number of nitrogens with zero attached hydrogens (tertiary/aromatic N) is 1. The maximum atomic E-state index is 12.8. The summed E-state index contributed by atoms with van der Waals surface area (Å²) in [5.41, 5.74) is 1.32. The molecule has 5 nitrogen and oxygen atoms in total. The van der Waals surface area contributed by atoms with E-state index in [1.54, 1.807) is 48.5 Å². The van der Waals surface area contributed by atoms with Gasteiger partial charge < -0.3 is 4.74 Å². The highest BCUT2D eigenvalue weighted by atomic mass is 35.5. The summed E-state index contributed by atoms with van der Waals surface area (Å²) in [7, 11) is 0. The van der Waals surface area contributed by atoms with Gasteiger partial charge in [0.05, 0.1) is 10.5 Å². The number of carbonyl (C=O) groups excluding carboxylic acids is 1. The van der Waals surface area contributed by atoms with Crippen molar-refractivity contribution >= 4 is 17.4 Å². The number of rotatable bonds is 4. The largest absolute Gasteiger partial charge is 0.475 e. The first-order chi connectivity index (χ1) is 11.5. The zero-order valence-electron chi connectivity index (χ0n) is 12.6. The van der Waals surface area contributed by atoms with Crippen LogP contribution in [0.15, 0.2) is 61.2 Å². The molecule has 1 aliphatic rings. The molecule has 2 aromatic carbocycles. The van der Waals surface area contributed by atoms with Gasteiger partial charge in [0, 0.05) is 5.56 Å².